The summed E-state index contributed by atoms with van der Waals surface area (Å²) in [5, 5.41) is 7.94. The van der Waals surface area contributed by atoms with Gasteiger partial charge in [-0.15, -0.1) is 0 Å². The lowest BCUT2D eigenvalue weighted by atomic mass is 9.94. The van der Waals surface area contributed by atoms with Crippen LogP contribution in [-0.4, -0.2) is 28.0 Å². The fourth-order valence-electron chi connectivity index (χ4n) is 2.48. The summed E-state index contributed by atoms with van der Waals surface area (Å²) in [5.74, 6) is -2.87. The van der Waals surface area contributed by atoms with Crippen molar-refractivity contribution in [2.24, 2.45) is 4.99 Å². The molecule has 10 heteroatoms. The van der Waals surface area contributed by atoms with Crippen LogP contribution in [0.4, 0.5) is 22.0 Å². The minimum absolute atomic E-state index is 0.0322. The van der Waals surface area contributed by atoms with Gasteiger partial charge in [0.1, 0.15) is 5.84 Å². The van der Waals surface area contributed by atoms with Gasteiger partial charge in [-0.3, -0.25) is 14.9 Å². The van der Waals surface area contributed by atoms with Gasteiger partial charge in [-0.05, 0) is 43.5 Å². The first-order chi connectivity index (χ1) is 12.7. The lowest BCUT2D eigenvalue weighted by Gasteiger charge is -2.22. The summed E-state index contributed by atoms with van der Waals surface area (Å²) in [6.45, 7) is 0. The van der Waals surface area contributed by atoms with E-state index in [2.05, 4.69) is 20.5 Å². The fraction of sp³-hybridized carbons (Fsp3) is 0.353. The molecule has 1 aliphatic carbocycles. The van der Waals surface area contributed by atoms with E-state index in [1.807, 2.05) is 0 Å². The molecule has 3 rings (SSSR count). The first-order valence-corrected chi connectivity index (χ1v) is 8.17. The van der Waals surface area contributed by atoms with Crippen LogP contribution in [0.25, 0.3) is 0 Å². The second-order valence-corrected chi connectivity index (χ2v) is 6.20. The third-order valence-electron chi connectivity index (χ3n) is 4.13. The molecule has 0 bridgehead atoms. The minimum atomic E-state index is -4.59. The quantitative estimate of drug-likeness (QED) is 0.479. The summed E-state index contributed by atoms with van der Waals surface area (Å²) in [7, 11) is 0. The normalized spacial score (nSPS) is 15.5. The molecule has 0 spiro atoms. The molecule has 144 valence electrons. The number of nitrogens with one attached hydrogen (secondary N) is 2. The topological polar surface area (TPSA) is 70.1 Å². The number of H-pyrrole nitrogens is 1. The number of alkyl halides is 3. The average Bonchev–Trinajstić information content (AvgIpc) is 3.02. The van der Waals surface area contributed by atoms with E-state index < -0.39 is 29.4 Å². The van der Waals surface area contributed by atoms with Gasteiger partial charge in [-0.1, -0.05) is 0 Å². The van der Waals surface area contributed by atoms with Crippen LogP contribution >= 0.6 is 0 Å². The summed E-state index contributed by atoms with van der Waals surface area (Å²) >= 11 is 0. The average molecular weight is 386 g/mol. The number of aromatic nitrogens is 2. The Morgan fingerprint density at radius 1 is 1.22 bits per heavy atom. The van der Waals surface area contributed by atoms with E-state index in [1.165, 1.54) is 0 Å². The maximum atomic E-state index is 13.3. The van der Waals surface area contributed by atoms with Crippen molar-refractivity contribution < 1.29 is 26.7 Å². The highest BCUT2D eigenvalue weighted by Crippen LogP contribution is 2.28. The summed E-state index contributed by atoms with van der Waals surface area (Å²) in [5.41, 5.74) is -1.09. The highest BCUT2D eigenvalue weighted by Gasteiger charge is 2.34. The maximum Gasteiger partial charge on any atom is 0.435 e. The number of halogens is 5. The predicted molar refractivity (Wildman–Crippen MR) is 86.2 cm³/mol. The molecule has 5 nitrogen and oxygen atoms in total. The number of carbonyl (C=O) groups excluding carboxylic acids is 1. The fourth-order valence-corrected chi connectivity index (χ4v) is 2.48. The van der Waals surface area contributed by atoms with E-state index >= 15 is 0 Å². The minimum Gasteiger partial charge on any atom is -0.310 e. The zero-order valence-electron chi connectivity index (χ0n) is 13.9. The monoisotopic (exact) mass is 386 g/mol. The SMILES string of the molecule is O=C(NC(Cc1cc(C(F)(F)F)n[nH]1)=NC1CCC1)c1ccc(F)c(F)c1. The van der Waals surface area contributed by atoms with Crippen molar-refractivity contribution in [1.29, 1.82) is 0 Å². The maximum absolute atomic E-state index is 13.3. The number of hydrogen-bond donors (Lipinski definition) is 2. The van der Waals surface area contributed by atoms with Crippen molar-refractivity contribution in [3.63, 3.8) is 0 Å². The first-order valence-electron chi connectivity index (χ1n) is 8.17. The van der Waals surface area contributed by atoms with Crippen molar-refractivity contribution in [1.82, 2.24) is 15.5 Å². The first kappa shape index (κ1) is 19.0. The number of nitrogens with zero attached hydrogens (tertiary/aromatic N) is 2. The Bertz CT molecular complexity index is 870. The van der Waals surface area contributed by atoms with Crippen LogP contribution in [0.2, 0.25) is 0 Å². The zero-order chi connectivity index (χ0) is 19.6. The molecule has 0 saturated heterocycles. The molecule has 1 fully saturated rings. The number of aromatic amines is 1. The molecule has 0 radical (unpaired) electrons. The number of aliphatic imine (C=N–C) groups is 1. The molecule has 2 aromatic rings. The van der Waals surface area contributed by atoms with Crippen molar-refractivity contribution >= 4 is 11.7 Å². The Labute approximate surface area is 150 Å². The molecular weight excluding hydrogens is 371 g/mol. The third kappa shape index (κ3) is 4.69. The van der Waals surface area contributed by atoms with Gasteiger partial charge in [0.05, 0.1) is 6.04 Å². The standard InChI is InChI=1S/C17H15F5N4O/c18-12-5-4-9(6-13(12)19)16(27)24-15(23-10-2-1-3-10)8-11-7-14(26-25-11)17(20,21)22/h4-7,10H,1-3,8H2,(H,25,26)(H,23,24,27). The van der Waals surface area contributed by atoms with Crippen molar-refractivity contribution in [3.8, 4) is 0 Å². The summed E-state index contributed by atoms with van der Waals surface area (Å²) < 4.78 is 64.3. The Morgan fingerprint density at radius 2 is 1.96 bits per heavy atom. The van der Waals surface area contributed by atoms with Crippen molar-refractivity contribution in [3.05, 3.63) is 52.9 Å². The van der Waals surface area contributed by atoms with Gasteiger partial charge in [0.2, 0.25) is 0 Å². The van der Waals surface area contributed by atoms with Gasteiger partial charge in [0, 0.05) is 17.7 Å². The molecule has 1 aromatic carbocycles. The van der Waals surface area contributed by atoms with Crippen molar-refractivity contribution in [2.75, 3.05) is 0 Å². The van der Waals surface area contributed by atoms with Gasteiger partial charge in [0.25, 0.3) is 5.91 Å². The lowest BCUT2D eigenvalue weighted by Crippen LogP contribution is -2.34. The predicted octanol–water partition coefficient (Wildman–Crippen LogP) is 3.63. The Balaban J connectivity index is 1.77. The molecule has 1 saturated carbocycles. The number of rotatable bonds is 4. The molecule has 1 amide bonds. The summed E-state index contributed by atoms with van der Waals surface area (Å²) in [6, 6.07) is 3.46. The summed E-state index contributed by atoms with van der Waals surface area (Å²) in [6.07, 6.45) is -2.12. The number of amidine groups is 1. The Kier molecular flexibility index (Phi) is 5.24. The molecule has 1 aliphatic rings. The van der Waals surface area contributed by atoms with E-state index in [4.69, 9.17) is 0 Å². The van der Waals surface area contributed by atoms with E-state index in [1.54, 1.807) is 0 Å². The smallest absolute Gasteiger partial charge is 0.310 e. The number of benzene rings is 1. The highest BCUT2D eigenvalue weighted by atomic mass is 19.4. The zero-order valence-corrected chi connectivity index (χ0v) is 13.9. The van der Waals surface area contributed by atoms with Crippen LogP contribution in [-0.2, 0) is 12.6 Å². The van der Waals surface area contributed by atoms with Crippen LogP contribution in [0.15, 0.2) is 29.3 Å². The Morgan fingerprint density at radius 3 is 2.52 bits per heavy atom. The van der Waals surface area contributed by atoms with E-state index in [9.17, 15) is 26.7 Å². The van der Waals surface area contributed by atoms with Gasteiger partial charge in [-0.25, -0.2) is 8.78 Å². The highest BCUT2D eigenvalue weighted by molar-refractivity contribution is 6.06. The molecule has 0 atom stereocenters. The largest absolute Gasteiger partial charge is 0.435 e. The molecule has 0 unspecified atom stereocenters. The van der Waals surface area contributed by atoms with Crippen molar-refractivity contribution in [2.45, 2.75) is 37.9 Å². The van der Waals surface area contributed by atoms with E-state index in [0.717, 1.165) is 43.5 Å². The van der Waals surface area contributed by atoms with Crippen LogP contribution in [0.1, 0.15) is 41.0 Å². The van der Waals surface area contributed by atoms with Crippen LogP contribution in [0, 0.1) is 11.6 Å². The number of carbonyl (C=O) groups is 1. The molecule has 1 aromatic heterocycles. The second-order valence-electron chi connectivity index (χ2n) is 6.20. The van der Waals surface area contributed by atoms with Crippen LogP contribution in [0.3, 0.4) is 0 Å². The lowest BCUT2D eigenvalue weighted by molar-refractivity contribution is -0.141. The number of hydrogen-bond acceptors (Lipinski definition) is 3. The molecular formula is C17H15F5N4O. The molecule has 2 N–H and O–H groups in total. The van der Waals surface area contributed by atoms with Crippen LogP contribution in [0.5, 0.6) is 0 Å². The summed E-state index contributed by atoms with van der Waals surface area (Å²) in [4.78, 5) is 16.6. The van der Waals surface area contributed by atoms with Gasteiger partial charge in [-0.2, -0.15) is 18.3 Å². The third-order valence-corrected chi connectivity index (χ3v) is 4.13. The molecule has 27 heavy (non-hydrogen) atoms. The molecule has 0 aliphatic heterocycles. The van der Waals surface area contributed by atoms with E-state index in [0.29, 0.717) is 0 Å². The number of amides is 1. The van der Waals surface area contributed by atoms with Gasteiger partial charge < -0.3 is 5.32 Å². The Hall–Kier alpha value is -2.78. The van der Waals surface area contributed by atoms with Gasteiger partial charge in [0.15, 0.2) is 17.3 Å². The molecule has 1 heterocycles. The van der Waals surface area contributed by atoms with Crippen LogP contribution < -0.4 is 5.32 Å². The van der Waals surface area contributed by atoms with E-state index in [-0.39, 0.29) is 29.6 Å². The second kappa shape index (κ2) is 7.45. The van der Waals surface area contributed by atoms with Gasteiger partial charge >= 0.3 is 6.18 Å².